The summed E-state index contributed by atoms with van der Waals surface area (Å²) in [6, 6.07) is 17.9. The molecule has 7 heteroatoms. The Kier molecular flexibility index (Phi) is 8.11. The van der Waals surface area contributed by atoms with Crippen molar-refractivity contribution in [1.29, 1.82) is 0 Å². The van der Waals surface area contributed by atoms with E-state index in [0.717, 1.165) is 21.4 Å². The summed E-state index contributed by atoms with van der Waals surface area (Å²) in [5.41, 5.74) is 3.13. The van der Waals surface area contributed by atoms with Crippen LogP contribution in [0.15, 0.2) is 65.1 Å². The van der Waals surface area contributed by atoms with Gasteiger partial charge >= 0.3 is 0 Å². The van der Waals surface area contributed by atoms with Gasteiger partial charge in [0.2, 0.25) is 5.91 Å². The maximum atomic E-state index is 13.9. The zero-order valence-electron chi connectivity index (χ0n) is 18.2. The maximum Gasteiger partial charge on any atom is 0.226 e. The molecule has 3 rings (SSSR count). The summed E-state index contributed by atoms with van der Waals surface area (Å²) < 4.78 is 25.9. The van der Waals surface area contributed by atoms with Crippen LogP contribution in [-0.4, -0.2) is 13.0 Å². The third-order valence-corrected chi connectivity index (χ3v) is 5.38. The molecule has 0 saturated heterocycles. The molecule has 0 heterocycles. The molecule has 32 heavy (non-hydrogen) atoms. The van der Waals surface area contributed by atoms with Crippen molar-refractivity contribution in [2.45, 2.75) is 27.0 Å². The van der Waals surface area contributed by atoms with Crippen LogP contribution in [0.1, 0.15) is 25.0 Å². The summed E-state index contributed by atoms with van der Waals surface area (Å²) in [6.45, 7) is 4.36. The van der Waals surface area contributed by atoms with E-state index < -0.39 is 0 Å². The van der Waals surface area contributed by atoms with Crippen molar-refractivity contribution in [2.75, 3.05) is 17.7 Å². The molecule has 2 N–H and O–H groups in total. The Morgan fingerprint density at radius 3 is 2.41 bits per heavy atom. The molecule has 1 amide bonds. The van der Waals surface area contributed by atoms with Crippen molar-refractivity contribution in [3.63, 3.8) is 0 Å². The normalized spacial score (nSPS) is 10.7. The van der Waals surface area contributed by atoms with Gasteiger partial charge in [-0.15, -0.1) is 0 Å². The Morgan fingerprint density at radius 1 is 1.06 bits per heavy atom. The highest BCUT2D eigenvalue weighted by Gasteiger charge is 2.13. The molecule has 0 unspecified atom stereocenters. The first-order valence-electron chi connectivity index (χ1n) is 10.2. The number of benzene rings is 3. The lowest BCUT2D eigenvalue weighted by molar-refractivity contribution is -0.118. The van der Waals surface area contributed by atoms with Crippen molar-refractivity contribution < 1.29 is 18.7 Å². The Bertz CT molecular complexity index is 1070. The zero-order valence-corrected chi connectivity index (χ0v) is 19.8. The molecule has 168 valence electrons. The highest BCUT2D eigenvalue weighted by Crippen LogP contribution is 2.37. The molecule has 0 fully saturated rings. The molecule has 0 aliphatic rings. The van der Waals surface area contributed by atoms with Crippen LogP contribution >= 0.6 is 15.9 Å². The largest absolute Gasteiger partial charge is 0.493 e. The predicted octanol–water partition coefficient (Wildman–Crippen LogP) is 6.38. The van der Waals surface area contributed by atoms with Gasteiger partial charge < -0.3 is 20.1 Å². The Balaban J connectivity index is 1.64. The molecule has 0 saturated carbocycles. The van der Waals surface area contributed by atoms with Gasteiger partial charge in [-0.1, -0.05) is 32.0 Å². The van der Waals surface area contributed by atoms with Crippen molar-refractivity contribution in [2.24, 2.45) is 5.92 Å². The second-order valence-electron chi connectivity index (χ2n) is 7.56. The minimum atomic E-state index is -0.307. The second-order valence-corrected chi connectivity index (χ2v) is 8.42. The SMILES string of the molecule is COc1cc(CNc2ccc(NC(=O)C(C)C)cc2)cc(Br)c1OCc1ccccc1F. The number of methoxy groups -OCH3 is 1. The first kappa shape index (κ1) is 23.6. The average molecular weight is 501 g/mol. The van der Waals surface area contributed by atoms with Crippen LogP contribution in [-0.2, 0) is 17.9 Å². The summed E-state index contributed by atoms with van der Waals surface area (Å²) in [7, 11) is 1.57. The standard InChI is InChI=1S/C25H26BrFN2O3/c1-16(2)25(30)29-20-10-8-19(9-11-20)28-14-17-12-21(26)24(23(13-17)31-3)32-15-18-6-4-5-7-22(18)27/h4-13,16,28H,14-15H2,1-3H3,(H,29,30). The first-order valence-corrected chi connectivity index (χ1v) is 11.0. The number of halogens is 2. The van der Waals surface area contributed by atoms with E-state index >= 15 is 0 Å². The molecule has 0 aromatic heterocycles. The van der Waals surface area contributed by atoms with Gasteiger partial charge in [-0.25, -0.2) is 4.39 Å². The third-order valence-electron chi connectivity index (χ3n) is 4.79. The van der Waals surface area contributed by atoms with Crippen LogP contribution in [0.5, 0.6) is 11.5 Å². The number of hydrogen-bond donors (Lipinski definition) is 2. The lowest BCUT2D eigenvalue weighted by Crippen LogP contribution is -2.17. The molecular weight excluding hydrogens is 475 g/mol. The van der Waals surface area contributed by atoms with Gasteiger partial charge in [-0.05, 0) is 64.0 Å². The van der Waals surface area contributed by atoms with Gasteiger partial charge in [0.1, 0.15) is 12.4 Å². The smallest absolute Gasteiger partial charge is 0.226 e. The number of hydrogen-bond acceptors (Lipinski definition) is 4. The first-order chi connectivity index (χ1) is 15.4. The molecule has 0 aliphatic heterocycles. The number of carbonyl (C=O) groups is 1. The molecule has 3 aromatic carbocycles. The summed E-state index contributed by atoms with van der Waals surface area (Å²) in [6.07, 6.45) is 0. The molecule has 0 radical (unpaired) electrons. The quantitative estimate of drug-likeness (QED) is 0.357. The fourth-order valence-electron chi connectivity index (χ4n) is 2.94. The lowest BCUT2D eigenvalue weighted by atomic mass is 10.1. The Morgan fingerprint density at radius 2 is 1.75 bits per heavy atom. The van der Waals surface area contributed by atoms with E-state index in [2.05, 4.69) is 26.6 Å². The molecule has 0 aliphatic carbocycles. The van der Waals surface area contributed by atoms with Crippen LogP contribution < -0.4 is 20.1 Å². The molecule has 0 bridgehead atoms. The number of ether oxygens (including phenoxy) is 2. The molecule has 0 spiro atoms. The van der Waals surface area contributed by atoms with Crippen molar-refractivity contribution >= 4 is 33.2 Å². The minimum Gasteiger partial charge on any atom is -0.493 e. The van der Waals surface area contributed by atoms with Gasteiger partial charge in [-0.2, -0.15) is 0 Å². The average Bonchev–Trinajstić information content (AvgIpc) is 2.78. The number of anilines is 2. The molecule has 3 aromatic rings. The van der Waals surface area contributed by atoms with Gasteiger partial charge in [-0.3, -0.25) is 4.79 Å². The fraction of sp³-hybridized carbons (Fsp3) is 0.240. The molecule has 0 atom stereocenters. The summed E-state index contributed by atoms with van der Waals surface area (Å²) >= 11 is 3.53. The number of rotatable bonds is 9. The van der Waals surface area contributed by atoms with Gasteiger partial charge in [0, 0.05) is 29.4 Å². The zero-order chi connectivity index (χ0) is 23.1. The van der Waals surface area contributed by atoms with E-state index in [1.54, 1.807) is 25.3 Å². The van der Waals surface area contributed by atoms with E-state index in [9.17, 15) is 9.18 Å². The van der Waals surface area contributed by atoms with E-state index in [1.807, 2.05) is 50.2 Å². The highest BCUT2D eigenvalue weighted by atomic mass is 79.9. The van der Waals surface area contributed by atoms with Crippen LogP contribution in [0, 0.1) is 11.7 Å². The monoisotopic (exact) mass is 500 g/mol. The van der Waals surface area contributed by atoms with E-state index in [-0.39, 0.29) is 24.2 Å². The van der Waals surface area contributed by atoms with Gasteiger partial charge in [0.25, 0.3) is 0 Å². The van der Waals surface area contributed by atoms with Crippen LogP contribution in [0.2, 0.25) is 0 Å². The summed E-state index contributed by atoms with van der Waals surface area (Å²) in [5, 5.41) is 6.22. The van der Waals surface area contributed by atoms with Crippen molar-refractivity contribution in [3.8, 4) is 11.5 Å². The maximum absolute atomic E-state index is 13.9. The number of carbonyl (C=O) groups excluding carboxylic acids is 1. The van der Waals surface area contributed by atoms with E-state index in [4.69, 9.17) is 9.47 Å². The molecular formula is C25H26BrFN2O3. The van der Waals surface area contributed by atoms with E-state index in [0.29, 0.717) is 23.6 Å². The topological polar surface area (TPSA) is 59.6 Å². The summed E-state index contributed by atoms with van der Waals surface area (Å²) in [4.78, 5) is 11.8. The Hall–Kier alpha value is -3.06. The van der Waals surface area contributed by atoms with Crippen molar-refractivity contribution in [1.82, 2.24) is 0 Å². The Labute approximate surface area is 196 Å². The van der Waals surface area contributed by atoms with Crippen LogP contribution in [0.25, 0.3) is 0 Å². The van der Waals surface area contributed by atoms with Crippen molar-refractivity contribution in [3.05, 3.63) is 82.1 Å². The lowest BCUT2D eigenvalue weighted by Gasteiger charge is -2.15. The summed E-state index contributed by atoms with van der Waals surface area (Å²) in [5.74, 6) is 0.682. The van der Waals surface area contributed by atoms with Gasteiger partial charge in [0.15, 0.2) is 11.5 Å². The number of nitrogens with one attached hydrogen (secondary N) is 2. The van der Waals surface area contributed by atoms with Crippen LogP contribution in [0.4, 0.5) is 15.8 Å². The predicted molar refractivity (Wildman–Crippen MR) is 129 cm³/mol. The minimum absolute atomic E-state index is 0.0139. The second kappa shape index (κ2) is 11.0. The van der Waals surface area contributed by atoms with E-state index in [1.165, 1.54) is 6.07 Å². The third kappa shape index (κ3) is 6.23. The fourth-order valence-corrected chi connectivity index (χ4v) is 3.55. The molecule has 5 nitrogen and oxygen atoms in total. The van der Waals surface area contributed by atoms with Crippen LogP contribution in [0.3, 0.4) is 0 Å². The van der Waals surface area contributed by atoms with Gasteiger partial charge in [0.05, 0.1) is 11.6 Å². The highest BCUT2D eigenvalue weighted by molar-refractivity contribution is 9.10. The number of amides is 1.